The maximum atomic E-state index is 13.9. The zero-order valence-electron chi connectivity index (χ0n) is 14.4. The van der Waals surface area contributed by atoms with Gasteiger partial charge in [0.1, 0.15) is 11.6 Å². The second-order valence-electron chi connectivity index (χ2n) is 6.30. The van der Waals surface area contributed by atoms with Crippen molar-refractivity contribution in [2.75, 3.05) is 6.54 Å². The minimum atomic E-state index is -0.269. The third-order valence-corrected chi connectivity index (χ3v) is 4.61. The van der Waals surface area contributed by atoms with Crippen LogP contribution in [0.25, 0.3) is 17.1 Å². The number of rotatable bonds is 3. The normalized spacial score (nSPS) is 19.5. The lowest BCUT2D eigenvalue weighted by Crippen LogP contribution is -2.36. The van der Waals surface area contributed by atoms with Crippen molar-refractivity contribution in [3.63, 3.8) is 0 Å². The molecule has 0 saturated carbocycles. The highest BCUT2D eigenvalue weighted by Gasteiger charge is 2.23. The first-order chi connectivity index (χ1) is 11.7. The van der Waals surface area contributed by atoms with Crippen LogP contribution >= 0.6 is 24.8 Å². The highest BCUT2D eigenvalue weighted by atomic mass is 35.5. The van der Waals surface area contributed by atoms with Gasteiger partial charge in [-0.25, -0.2) is 14.1 Å². The molecule has 5 nitrogen and oxygen atoms in total. The molecule has 1 N–H and O–H groups in total. The van der Waals surface area contributed by atoms with Gasteiger partial charge < -0.3 is 9.88 Å². The summed E-state index contributed by atoms with van der Waals surface area (Å²) in [5.74, 6) is 0.522. The number of aromatic nitrogens is 4. The number of nitrogens with one attached hydrogen (secondary N) is 1. The molecule has 8 heteroatoms. The highest BCUT2D eigenvalue weighted by molar-refractivity contribution is 5.85. The van der Waals surface area contributed by atoms with E-state index in [9.17, 15) is 4.39 Å². The lowest BCUT2D eigenvalue weighted by molar-refractivity contribution is 0.315. The molecule has 0 unspecified atom stereocenters. The van der Waals surface area contributed by atoms with E-state index in [1.807, 2.05) is 18.5 Å². The molecule has 0 aliphatic carbocycles. The van der Waals surface area contributed by atoms with Crippen molar-refractivity contribution in [3.05, 3.63) is 54.9 Å². The van der Waals surface area contributed by atoms with Gasteiger partial charge in [-0.3, -0.25) is 0 Å². The van der Waals surface area contributed by atoms with Crippen molar-refractivity contribution < 1.29 is 4.39 Å². The van der Waals surface area contributed by atoms with Crippen molar-refractivity contribution in [1.29, 1.82) is 0 Å². The first kappa shape index (κ1) is 20.4. The summed E-state index contributed by atoms with van der Waals surface area (Å²) in [6.07, 6.45) is 9.44. The van der Waals surface area contributed by atoms with Crippen molar-refractivity contribution in [1.82, 2.24) is 24.6 Å². The molecule has 1 aliphatic rings. The molecule has 2 atom stereocenters. The highest BCUT2D eigenvalue weighted by Crippen LogP contribution is 2.31. The molecule has 0 radical (unpaired) electrons. The minimum Gasteiger partial charge on any atom is -0.328 e. The van der Waals surface area contributed by atoms with Crippen LogP contribution in [0.4, 0.5) is 4.39 Å². The molecule has 0 bridgehead atoms. The molecule has 26 heavy (non-hydrogen) atoms. The van der Waals surface area contributed by atoms with Crippen LogP contribution in [0.5, 0.6) is 0 Å². The van der Waals surface area contributed by atoms with Crippen LogP contribution in [0.2, 0.25) is 0 Å². The Morgan fingerprint density at radius 1 is 1.19 bits per heavy atom. The van der Waals surface area contributed by atoms with E-state index in [1.165, 1.54) is 6.07 Å². The van der Waals surface area contributed by atoms with E-state index in [0.29, 0.717) is 12.1 Å². The Bertz CT molecular complexity index is 834. The maximum absolute atomic E-state index is 13.9. The van der Waals surface area contributed by atoms with E-state index in [4.69, 9.17) is 0 Å². The lowest BCUT2D eigenvalue weighted by Gasteiger charge is -2.30. The molecule has 1 aliphatic heterocycles. The number of nitrogens with zero attached hydrogens (tertiary/aromatic N) is 4. The predicted molar refractivity (Wildman–Crippen MR) is 105 cm³/mol. The van der Waals surface area contributed by atoms with Crippen molar-refractivity contribution >= 4 is 24.8 Å². The molecule has 1 fully saturated rings. The first-order valence-corrected chi connectivity index (χ1v) is 8.28. The summed E-state index contributed by atoms with van der Waals surface area (Å²) in [4.78, 5) is 4.53. The predicted octanol–water partition coefficient (Wildman–Crippen LogP) is 4.03. The third kappa shape index (κ3) is 3.92. The minimum absolute atomic E-state index is 0. The number of piperidine rings is 1. The number of benzene rings is 1. The maximum Gasteiger partial charge on any atom is 0.142 e. The summed E-state index contributed by atoms with van der Waals surface area (Å²) in [7, 11) is 0. The summed E-state index contributed by atoms with van der Waals surface area (Å²) < 4.78 is 17.9. The molecule has 1 aromatic carbocycles. The fraction of sp³-hybridized carbons (Fsp3) is 0.333. The van der Waals surface area contributed by atoms with E-state index >= 15 is 0 Å². The zero-order valence-corrected chi connectivity index (χ0v) is 16.0. The van der Waals surface area contributed by atoms with Gasteiger partial charge in [-0.05, 0) is 50.6 Å². The molecule has 3 heterocycles. The molecule has 2 aromatic heterocycles. The molecule has 1 saturated heterocycles. The van der Waals surface area contributed by atoms with E-state index in [2.05, 4.69) is 26.9 Å². The zero-order chi connectivity index (χ0) is 16.5. The van der Waals surface area contributed by atoms with Gasteiger partial charge >= 0.3 is 0 Å². The van der Waals surface area contributed by atoms with Crippen LogP contribution in [-0.2, 0) is 0 Å². The smallest absolute Gasteiger partial charge is 0.142 e. The van der Waals surface area contributed by atoms with Gasteiger partial charge in [-0.15, -0.1) is 24.8 Å². The second kappa shape index (κ2) is 8.66. The van der Waals surface area contributed by atoms with Crippen molar-refractivity contribution in [3.8, 4) is 17.1 Å². The third-order valence-electron chi connectivity index (χ3n) is 4.61. The summed E-state index contributed by atoms with van der Waals surface area (Å²) in [5.41, 5.74) is 1.59. The standard InChI is InChI=1S/C18H20FN5.2ClH/c1-13-11-15(5-7-20-13)23-10-8-21-18(23)16-12-14(19)3-4-17(16)24-9-2-6-22-24;;/h2-4,6,8-10,12-13,15,20H,5,7,11H2,1H3;2*1H/t13-,15-;;/m1../s1. The Hall–Kier alpha value is -1.89. The van der Waals surface area contributed by atoms with Crippen molar-refractivity contribution in [2.45, 2.75) is 31.8 Å². The Balaban J connectivity index is 0.00000121. The van der Waals surface area contributed by atoms with Gasteiger partial charge in [-0.2, -0.15) is 5.10 Å². The Labute approximate surface area is 164 Å². The Morgan fingerprint density at radius 3 is 2.77 bits per heavy atom. The fourth-order valence-electron chi connectivity index (χ4n) is 3.47. The number of hydrogen-bond donors (Lipinski definition) is 1. The van der Waals surface area contributed by atoms with Crippen LogP contribution in [0, 0.1) is 5.82 Å². The molecule has 0 amide bonds. The van der Waals surface area contributed by atoms with Gasteiger partial charge in [0.15, 0.2) is 0 Å². The molecular weight excluding hydrogens is 376 g/mol. The van der Waals surface area contributed by atoms with Crippen LogP contribution in [0.3, 0.4) is 0 Å². The largest absolute Gasteiger partial charge is 0.328 e. The summed E-state index contributed by atoms with van der Waals surface area (Å²) >= 11 is 0. The van der Waals surface area contributed by atoms with E-state index in [0.717, 1.165) is 36.5 Å². The van der Waals surface area contributed by atoms with Crippen LogP contribution in [-0.4, -0.2) is 31.9 Å². The molecule has 140 valence electrons. The summed E-state index contributed by atoms with van der Waals surface area (Å²) in [5, 5.41) is 7.76. The number of hydrogen-bond acceptors (Lipinski definition) is 3. The van der Waals surface area contributed by atoms with Gasteiger partial charge in [0, 0.05) is 42.4 Å². The summed E-state index contributed by atoms with van der Waals surface area (Å²) in [6, 6.07) is 7.45. The quantitative estimate of drug-likeness (QED) is 0.725. The van der Waals surface area contributed by atoms with E-state index in [-0.39, 0.29) is 30.6 Å². The lowest BCUT2D eigenvalue weighted by atomic mass is 10.00. The summed E-state index contributed by atoms with van der Waals surface area (Å²) in [6.45, 7) is 3.18. The average molecular weight is 398 g/mol. The number of imidazole rings is 1. The SMILES string of the molecule is C[C@@H]1C[C@H](n2ccnc2-c2cc(F)ccc2-n2cccn2)CCN1.Cl.Cl. The fourth-order valence-corrected chi connectivity index (χ4v) is 3.47. The molecule has 0 spiro atoms. The molecular formula is C18H22Cl2FN5. The monoisotopic (exact) mass is 397 g/mol. The van der Waals surface area contributed by atoms with Gasteiger partial charge in [0.05, 0.1) is 5.69 Å². The topological polar surface area (TPSA) is 47.7 Å². The average Bonchev–Trinajstić information content (AvgIpc) is 3.26. The van der Waals surface area contributed by atoms with Gasteiger partial charge in [0.2, 0.25) is 0 Å². The van der Waals surface area contributed by atoms with Gasteiger partial charge in [0.25, 0.3) is 0 Å². The first-order valence-electron chi connectivity index (χ1n) is 8.28. The molecule has 4 rings (SSSR count). The Kier molecular flexibility index (Phi) is 6.81. The van der Waals surface area contributed by atoms with Gasteiger partial charge in [-0.1, -0.05) is 0 Å². The molecule has 3 aromatic rings. The van der Waals surface area contributed by atoms with Crippen LogP contribution < -0.4 is 5.32 Å². The number of halogens is 3. The van der Waals surface area contributed by atoms with Crippen LogP contribution in [0.15, 0.2) is 49.1 Å². The second-order valence-corrected chi connectivity index (χ2v) is 6.30. The Morgan fingerprint density at radius 2 is 2.04 bits per heavy atom. The van der Waals surface area contributed by atoms with E-state index in [1.54, 1.807) is 29.2 Å². The van der Waals surface area contributed by atoms with E-state index < -0.39 is 0 Å². The van der Waals surface area contributed by atoms with Crippen LogP contribution in [0.1, 0.15) is 25.8 Å². The van der Waals surface area contributed by atoms with Crippen molar-refractivity contribution in [2.24, 2.45) is 0 Å².